The van der Waals surface area contributed by atoms with Gasteiger partial charge in [0.2, 0.25) is 0 Å². The Morgan fingerprint density at radius 2 is 1.88 bits per heavy atom. The number of methoxy groups -OCH3 is 1. The monoisotopic (exact) mass is 356 g/mol. The molecule has 2 rings (SSSR count). The number of amides is 1. The zero-order valence-corrected chi connectivity index (χ0v) is 15.6. The van der Waals surface area contributed by atoms with E-state index in [0.717, 1.165) is 12.0 Å². The average Bonchev–Trinajstić information content (AvgIpc) is 2.61. The van der Waals surface area contributed by atoms with Gasteiger partial charge in [-0.05, 0) is 32.4 Å². The maximum Gasteiger partial charge on any atom is 0.261 e. The first-order chi connectivity index (χ1) is 12.4. The largest absolute Gasteiger partial charge is 0.496 e. The molecule has 1 aromatic carbocycles. The summed E-state index contributed by atoms with van der Waals surface area (Å²) in [5, 5.41) is 0. The quantitative estimate of drug-likeness (QED) is 0.774. The molecule has 0 fully saturated rings. The van der Waals surface area contributed by atoms with Gasteiger partial charge in [-0.15, -0.1) is 0 Å². The number of H-pyrrole nitrogens is 1. The van der Waals surface area contributed by atoms with Crippen LogP contribution < -0.4 is 10.3 Å². The summed E-state index contributed by atoms with van der Waals surface area (Å²) in [5.74, 6) is 0.0877. The van der Waals surface area contributed by atoms with Crippen molar-refractivity contribution in [3.63, 3.8) is 0 Å². The third-order valence-electron chi connectivity index (χ3n) is 4.18. The van der Waals surface area contributed by atoms with Crippen LogP contribution in [0.25, 0.3) is 0 Å². The summed E-state index contributed by atoms with van der Waals surface area (Å²) in [4.78, 5) is 41.3. The fourth-order valence-corrected chi connectivity index (χ4v) is 2.88. The minimum atomic E-state index is -0.487. The molecule has 6 nitrogen and oxygen atoms in total. The van der Waals surface area contributed by atoms with E-state index in [1.807, 2.05) is 31.2 Å². The van der Waals surface area contributed by atoms with Crippen LogP contribution in [0.3, 0.4) is 0 Å². The lowest BCUT2D eigenvalue weighted by Gasteiger charge is -2.23. The van der Waals surface area contributed by atoms with Gasteiger partial charge in [-0.1, -0.05) is 25.1 Å². The first kappa shape index (κ1) is 19.4. The number of ether oxygens (including phenoxy) is 1. The van der Waals surface area contributed by atoms with Gasteiger partial charge >= 0.3 is 0 Å². The number of benzene rings is 1. The molecule has 0 radical (unpaired) electrons. The van der Waals surface area contributed by atoms with Crippen LogP contribution in [0.2, 0.25) is 0 Å². The second-order valence-electron chi connectivity index (χ2n) is 6.15. The topological polar surface area (TPSA) is 79.5 Å². The van der Waals surface area contributed by atoms with Gasteiger partial charge in [0.05, 0.1) is 7.11 Å². The Balaban J connectivity index is 2.41. The number of nitrogens with zero attached hydrogens (tertiary/aromatic N) is 1. The lowest BCUT2D eigenvalue weighted by Crippen LogP contribution is -2.35. The summed E-state index contributed by atoms with van der Waals surface area (Å²) < 4.78 is 5.35. The molecule has 1 heterocycles. The number of aromatic nitrogens is 1. The SMILES string of the molecule is CCCN(Cc1ccccc1OC)C(=O)c1cc(C(C)=O)c(C)[nH]c1=O. The molecule has 1 N–H and O–H groups in total. The molecule has 6 heteroatoms. The molecular weight excluding hydrogens is 332 g/mol. The van der Waals surface area contributed by atoms with E-state index in [2.05, 4.69) is 4.98 Å². The van der Waals surface area contributed by atoms with Crippen molar-refractivity contribution in [3.8, 4) is 5.75 Å². The van der Waals surface area contributed by atoms with Crippen LogP contribution in [0.4, 0.5) is 0 Å². The molecule has 0 aliphatic carbocycles. The number of hydrogen-bond acceptors (Lipinski definition) is 4. The Bertz CT molecular complexity index is 870. The van der Waals surface area contributed by atoms with Crippen LogP contribution in [0, 0.1) is 6.92 Å². The molecule has 1 amide bonds. The average molecular weight is 356 g/mol. The van der Waals surface area contributed by atoms with Crippen LogP contribution in [0.5, 0.6) is 5.75 Å². The number of carbonyl (C=O) groups excluding carboxylic acids is 2. The van der Waals surface area contributed by atoms with Gasteiger partial charge in [0, 0.05) is 29.9 Å². The van der Waals surface area contributed by atoms with Gasteiger partial charge in [-0.2, -0.15) is 0 Å². The highest BCUT2D eigenvalue weighted by Crippen LogP contribution is 2.20. The van der Waals surface area contributed by atoms with Crippen molar-refractivity contribution in [1.82, 2.24) is 9.88 Å². The smallest absolute Gasteiger partial charge is 0.261 e. The molecule has 138 valence electrons. The second-order valence-corrected chi connectivity index (χ2v) is 6.15. The summed E-state index contributed by atoms with van der Waals surface area (Å²) in [6, 6.07) is 8.84. The Morgan fingerprint density at radius 1 is 1.19 bits per heavy atom. The van der Waals surface area contributed by atoms with Crippen molar-refractivity contribution >= 4 is 11.7 Å². The summed E-state index contributed by atoms with van der Waals surface area (Å²) >= 11 is 0. The molecule has 0 unspecified atom stereocenters. The minimum Gasteiger partial charge on any atom is -0.496 e. The second kappa shape index (κ2) is 8.47. The van der Waals surface area contributed by atoms with Crippen molar-refractivity contribution in [2.45, 2.75) is 33.7 Å². The van der Waals surface area contributed by atoms with Crippen LogP contribution in [-0.4, -0.2) is 35.2 Å². The molecule has 0 saturated carbocycles. The lowest BCUT2D eigenvalue weighted by molar-refractivity contribution is 0.0740. The highest BCUT2D eigenvalue weighted by atomic mass is 16.5. The fraction of sp³-hybridized carbons (Fsp3) is 0.350. The Kier molecular flexibility index (Phi) is 6.33. The predicted molar refractivity (Wildman–Crippen MR) is 99.8 cm³/mol. The predicted octanol–water partition coefficient (Wildman–Crippen LogP) is 2.95. The highest BCUT2D eigenvalue weighted by Gasteiger charge is 2.22. The molecular formula is C20H24N2O4. The van der Waals surface area contributed by atoms with Gasteiger partial charge in [0.15, 0.2) is 5.78 Å². The van der Waals surface area contributed by atoms with E-state index in [4.69, 9.17) is 4.74 Å². The molecule has 0 atom stereocenters. The number of pyridine rings is 1. The van der Waals surface area contributed by atoms with E-state index in [9.17, 15) is 14.4 Å². The highest BCUT2D eigenvalue weighted by molar-refractivity contribution is 5.99. The van der Waals surface area contributed by atoms with E-state index in [0.29, 0.717) is 30.1 Å². The Hall–Kier alpha value is -2.89. The summed E-state index contributed by atoms with van der Waals surface area (Å²) in [5.41, 5.74) is 1.16. The normalized spacial score (nSPS) is 10.5. The van der Waals surface area contributed by atoms with Crippen molar-refractivity contribution in [3.05, 3.63) is 63.1 Å². The van der Waals surface area contributed by atoms with Crippen LogP contribution in [-0.2, 0) is 6.54 Å². The number of para-hydroxylation sites is 1. The maximum absolute atomic E-state index is 13.0. The molecule has 0 aliphatic heterocycles. The van der Waals surface area contributed by atoms with Crippen molar-refractivity contribution in [2.75, 3.05) is 13.7 Å². The van der Waals surface area contributed by atoms with Crippen LogP contribution in [0.1, 0.15) is 52.2 Å². The summed E-state index contributed by atoms with van der Waals surface area (Å²) in [6.07, 6.45) is 0.740. The number of rotatable bonds is 7. The van der Waals surface area contributed by atoms with E-state index in [-0.39, 0.29) is 11.3 Å². The molecule has 1 aromatic heterocycles. The molecule has 0 spiro atoms. The van der Waals surface area contributed by atoms with Gasteiger partial charge in [-0.25, -0.2) is 0 Å². The third kappa shape index (κ3) is 4.20. The molecule has 0 bridgehead atoms. The van der Waals surface area contributed by atoms with Crippen molar-refractivity contribution in [1.29, 1.82) is 0 Å². The number of nitrogens with one attached hydrogen (secondary N) is 1. The standard InChI is InChI=1S/C20H24N2O4/c1-5-10-22(12-15-8-6-7-9-18(15)26-4)20(25)17-11-16(14(3)23)13(2)21-19(17)24/h6-9,11H,5,10,12H2,1-4H3,(H,21,24). The zero-order valence-electron chi connectivity index (χ0n) is 15.6. The van der Waals surface area contributed by atoms with Gasteiger partial charge < -0.3 is 14.6 Å². The minimum absolute atomic E-state index is 0.0239. The molecule has 0 aliphatic rings. The lowest BCUT2D eigenvalue weighted by atomic mass is 10.1. The fourth-order valence-electron chi connectivity index (χ4n) is 2.88. The summed E-state index contributed by atoms with van der Waals surface area (Å²) in [6.45, 7) is 5.82. The Labute approximate surface area is 152 Å². The zero-order chi connectivity index (χ0) is 19.3. The van der Waals surface area contributed by atoms with Gasteiger partial charge in [0.1, 0.15) is 11.3 Å². The van der Waals surface area contributed by atoms with E-state index in [1.54, 1.807) is 18.9 Å². The van der Waals surface area contributed by atoms with Gasteiger partial charge in [0.25, 0.3) is 11.5 Å². The number of ketones is 1. The third-order valence-corrected chi connectivity index (χ3v) is 4.18. The molecule has 2 aromatic rings. The van der Waals surface area contributed by atoms with Crippen LogP contribution >= 0.6 is 0 Å². The van der Waals surface area contributed by atoms with E-state index >= 15 is 0 Å². The van der Waals surface area contributed by atoms with Crippen LogP contribution in [0.15, 0.2) is 35.1 Å². The number of aryl methyl sites for hydroxylation is 1. The number of Topliss-reactive ketones (excluding diaryl/α,β-unsaturated/α-hetero) is 1. The van der Waals surface area contributed by atoms with Crippen molar-refractivity contribution in [2.24, 2.45) is 0 Å². The first-order valence-electron chi connectivity index (χ1n) is 8.55. The number of aromatic amines is 1. The molecule has 0 saturated heterocycles. The number of hydrogen-bond donors (Lipinski definition) is 1. The van der Waals surface area contributed by atoms with Gasteiger partial charge in [-0.3, -0.25) is 14.4 Å². The first-order valence-corrected chi connectivity index (χ1v) is 8.55. The van der Waals surface area contributed by atoms with Crippen molar-refractivity contribution < 1.29 is 14.3 Å². The van der Waals surface area contributed by atoms with E-state index < -0.39 is 11.5 Å². The number of carbonyl (C=O) groups is 2. The Morgan fingerprint density at radius 3 is 2.50 bits per heavy atom. The molecule has 26 heavy (non-hydrogen) atoms. The summed E-state index contributed by atoms with van der Waals surface area (Å²) in [7, 11) is 1.58. The maximum atomic E-state index is 13.0. The van der Waals surface area contributed by atoms with E-state index in [1.165, 1.54) is 13.0 Å².